The van der Waals surface area contributed by atoms with Crippen LogP contribution in [-0.4, -0.2) is 20.2 Å². The summed E-state index contributed by atoms with van der Waals surface area (Å²) in [6.45, 7) is 2.33. The van der Waals surface area contributed by atoms with Gasteiger partial charge in [0.2, 0.25) is 0 Å². The van der Waals surface area contributed by atoms with E-state index in [1.807, 2.05) is 0 Å². The molecule has 0 aliphatic carbocycles. The van der Waals surface area contributed by atoms with Crippen molar-refractivity contribution in [2.45, 2.75) is 13.5 Å². The molecular weight excluding hydrogens is 194 g/mol. The molecule has 0 saturated carbocycles. The second kappa shape index (κ2) is 3.95. The second-order valence-corrected chi connectivity index (χ2v) is 3.18. The maximum Gasteiger partial charge on any atom is 0.252 e. The lowest BCUT2D eigenvalue weighted by Crippen LogP contribution is -2.11. The normalized spacial score (nSPS) is 10.2. The van der Waals surface area contributed by atoms with Gasteiger partial charge in [-0.15, -0.1) is 0 Å². The number of rotatable bonds is 3. The van der Waals surface area contributed by atoms with Gasteiger partial charge >= 0.3 is 0 Å². The maximum atomic E-state index is 11.1. The minimum Gasteiger partial charge on any atom is -0.366 e. The molecular formula is C9H11N5O. The summed E-state index contributed by atoms with van der Waals surface area (Å²) in [4.78, 5) is 17.8. The maximum absolute atomic E-state index is 11.1. The molecule has 0 aromatic carbocycles. The van der Waals surface area contributed by atoms with E-state index in [1.54, 1.807) is 19.3 Å². The Hall–Kier alpha value is -2.11. The van der Waals surface area contributed by atoms with E-state index in [1.165, 1.54) is 6.07 Å². The average Bonchev–Trinajstić information content (AvgIpc) is 2.65. The Bertz CT molecular complexity index is 487. The van der Waals surface area contributed by atoms with Crippen molar-refractivity contribution in [3.8, 4) is 0 Å². The summed E-state index contributed by atoms with van der Waals surface area (Å²) in [6.07, 6.45) is 3.50. The molecule has 0 bridgehead atoms. The third-order valence-electron chi connectivity index (χ3n) is 1.89. The first-order valence-corrected chi connectivity index (χ1v) is 4.53. The Labute approximate surface area is 85.8 Å². The number of anilines is 1. The van der Waals surface area contributed by atoms with E-state index in [4.69, 9.17) is 0 Å². The fourth-order valence-electron chi connectivity index (χ4n) is 1.24. The van der Waals surface area contributed by atoms with Crippen LogP contribution in [0.2, 0.25) is 0 Å². The molecule has 15 heavy (non-hydrogen) atoms. The lowest BCUT2D eigenvalue weighted by molar-refractivity contribution is 0.998. The molecule has 6 nitrogen and oxygen atoms in total. The predicted molar refractivity (Wildman–Crippen MR) is 55.5 cm³/mol. The molecule has 78 valence electrons. The highest BCUT2D eigenvalue weighted by molar-refractivity contribution is 5.33. The van der Waals surface area contributed by atoms with Crippen LogP contribution in [-0.2, 0) is 6.54 Å². The molecule has 0 fully saturated rings. The largest absolute Gasteiger partial charge is 0.366 e. The average molecular weight is 205 g/mol. The van der Waals surface area contributed by atoms with Crippen molar-refractivity contribution < 1.29 is 0 Å². The van der Waals surface area contributed by atoms with E-state index in [-0.39, 0.29) is 5.56 Å². The van der Waals surface area contributed by atoms with Gasteiger partial charge < -0.3 is 10.3 Å². The fraction of sp³-hybridized carbons (Fsp3) is 0.222. The van der Waals surface area contributed by atoms with Gasteiger partial charge in [0.15, 0.2) is 0 Å². The predicted octanol–water partition coefficient (Wildman–Crippen LogP) is 0.414. The molecule has 6 heteroatoms. The van der Waals surface area contributed by atoms with Gasteiger partial charge in [-0.3, -0.25) is 9.89 Å². The minimum absolute atomic E-state index is 0.155. The van der Waals surface area contributed by atoms with Gasteiger partial charge in [0, 0.05) is 24.4 Å². The summed E-state index contributed by atoms with van der Waals surface area (Å²) < 4.78 is 0. The first-order chi connectivity index (χ1) is 7.24. The van der Waals surface area contributed by atoms with Crippen LogP contribution in [0.25, 0.3) is 0 Å². The number of aryl methyl sites for hydroxylation is 1. The number of aromatic nitrogens is 4. The van der Waals surface area contributed by atoms with Gasteiger partial charge in [0.1, 0.15) is 11.6 Å². The number of hydrogen-bond donors (Lipinski definition) is 3. The molecule has 2 rings (SSSR count). The highest BCUT2D eigenvalue weighted by Gasteiger charge is 1.98. The van der Waals surface area contributed by atoms with Gasteiger partial charge in [-0.2, -0.15) is 5.10 Å². The van der Waals surface area contributed by atoms with E-state index in [2.05, 4.69) is 25.5 Å². The Kier molecular flexibility index (Phi) is 2.49. The molecule has 3 N–H and O–H groups in total. The molecule has 0 aliphatic rings. The van der Waals surface area contributed by atoms with Crippen molar-refractivity contribution in [1.82, 2.24) is 20.2 Å². The van der Waals surface area contributed by atoms with Gasteiger partial charge in [0.25, 0.3) is 5.56 Å². The molecule has 0 atom stereocenters. The molecule has 0 aliphatic heterocycles. The minimum atomic E-state index is -0.155. The number of aromatic amines is 2. The monoisotopic (exact) mass is 205 g/mol. The van der Waals surface area contributed by atoms with Gasteiger partial charge in [-0.1, -0.05) is 0 Å². The molecule has 2 aromatic rings. The lowest BCUT2D eigenvalue weighted by Gasteiger charge is -2.03. The first kappa shape index (κ1) is 9.45. The van der Waals surface area contributed by atoms with E-state index < -0.39 is 0 Å². The van der Waals surface area contributed by atoms with Crippen molar-refractivity contribution in [2.75, 3.05) is 5.32 Å². The smallest absolute Gasteiger partial charge is 0.252 e. The third-order valence-corrected chi connectivity index (χ3v) is 1.89. The fourth-order valence-corrected chi connectivity index (χ4v) is 1.24. The summed E-state index contributed by atoms with van der Waals surface area (Å²) in [6, 6.07) is 1.42. The van der Waals surface area contributed by atoms with Crippen molar-refractivity contribution in [3.63, 3.8) is 0 Å². The van der Waals surface area contributed by atoms with Gasteiger partial charge in [-0.25, -0.2) is 4.98 Å². The van der Waals surface area contributed by atoms with Crippen molar-refractivity contribution >= 4 is 5.82 Å². The summed E-state index contributed by atoms with van der Waals surface area (Å²) in [7, 11) is 0. The van der Waals surface area contributed by atoms with Crippen molar-refractivity contribution in [1.29, 1.82) is 0 Å². The summed E-state index contributed by atoms with van der Waals surface area (Å²) in [5.41, 5.74) is 0.854. The van der Waals surface area contributed by atoms with Gasteiger partial charge in [0.05, 0.1) is 6.20 Å². The first-order valence-electron chi connectivity index (χ1n) is 4.53. The summed E-state index contributed by atoms with van der Waals surface area (Å²) >= 11 is 0. The number of hydrogen-bond acceptors (Lipinski definition) is 4. The summed E-state index contributed by atoms with van der Waals surface area (Å²) in [5, 5.41) is 9.56. The molecule has 0 amide bonds. The van der Waals surface area contributed by atoms with E-state index in [0.29, 0.717) is 18.2 Å². The quantitative estimate of drug-likeness (QED) is 0.677. The number of nitrogens with one attached hydrogen (secondary N) is 3. The van der Waals surface area contributed by atoms with E-state index in [0.717, 1.165) is 5.56 Å². The zero-order chi connectivity index (χ0) is 10.7. The molecule has 0 unspecified atom stereocenters. The SMILES string of the molecule is Cc1nc(NCc2cn[nH]c2)cc(=O)[nH]1. The van der Waals surface area contributed by atoms with E-state index in [9.17, 15) is 4.79 Å². The Balaban J connectivity index is 2.08. The lowest BCUT2D eigenvalue weighted by atomic mass is 10.3. The van der Waals surface area contributed by atoms with Crippen LogP contribution < -0.4 is 10.9 Å². The van der Waals surface area contributed by atoms with Crippen molar-refractivity contribution in [2.24, 2.45) is 0 Å². The Morgan fingerprint density at radius 2 is 2.40 bits per heavy atom. The zero-order valence-corrected chi connectivity index (χ0v) is 8.24. The van der Waals surface area contributed by atoms with E-state index >= 15 is 0 Å². The van der Waals surface area contributed by atoms with Crippen LogP contribution in [0.5, 0.6) is 0 Å². The second-order valence-electron chi connectivity index (χ2n) is 3.18. The highest BCUT2D eigenvalue weighted by Crippen LogP contribution is 2.01. The van der Waals surface area contributed by atoms with Crippen LogP contribution in [0.4, 0.5) is 5.82 Å². The molecule has 0 saturated heterocycles. The van der Waals surface area contributed by atoms with Crippen LogP contribution in [0, 0.1) is 6.92 Å². The topological polar surface area (TPSA) is 86.5 Å². The van der Waals surface area contributed by atoms with Crippen LogP contribution in [0.15, 0.2) is 23.3 Å². The molecule has 0 spiro atoms. The van der Waals surface area contributed by atoms with Crippen molar-refractivity contribution in [3.05, 3.63) is 40.2 Å². The standard InChI is InChI=1S/C9H11N5O/c1-6-13-8(2-9(15)14-6)10-3-7-4-11-12-5-7/h2,4-5H,3H2,1H3,(H,11,12)(H2,10,13,14,15). The zero-order valence-electron chi connectivity index (χ0n) is 8.24. The molecule has 0 radical (unpaired) electrons. The summed E-state index contributed by atoms with van der Waals surface area (Å²) in [5.74, 6) is 1.16. The Morgan fingerprint density at radius 3 is 3.07 bits per heavy atom. The van der Waals surface area contributed by atoms with Crippen LogP contribution >= 0.6 is 0 Å². The van der Waals surface area contributed by atoms with Gasteiger partial charge in [-0.05, 0) is 6.92 Å². The number of H-pyrrole nitrogens is 2. The number of nitrogens with zero attached hydrogens (tertiary/aromatic N) is 2. The Morgan fingerprint density at radius 1 is 1.53 bits per heavy atom. The van der Waals surface area contributed by atoms with Crippen LogP contribution in [0.3, 0.4) is 0 Å². The molecule has 2 aromatic heterocycles. The third kappa shape index (κ3) is 2.43. The van der Waals surface area contributed by atoms with Crippen LogP contribution in [0.1, 0.15) is 11.4 Å². The molecule has 2 heterocycles. The highest BCUT2D eigenvalue weighted by atomic mass is 16.1.